The summed E-state index contributed by atoms with van der Waals surface area (Å²) in [5.41, 5.74) is 2.21. The molecule has 0 saturated heterocycles. The quantitative estimate of drug-likeness (QED) is 0.679. The third-order valence-corrected chi connectivity index (χ3v) is 6.47. The zero-order chi connectivity index (χ0) is 17.6. The molecule has 3 aromatic rings. The lowest BCUT2D eigenvalue weighted by Gasteiger charge is -2.17. The predicted molar refractivity (Wildman–Crippen MR) is 103 cm³/mol. The molecule has 25 heavy (non-hydrogen) atoms. The lowest BCUT2D eigenvalue weighted by atomic mass is 9.89. The lowest BCUT2D eigenvalue weighted by Crippen LogP contribution is -2.24. The maximum Gasteiger partial charge on any atom is 0.263 e. The van der Waals surface area contributed by atoms with Crippen LogP contribution in [0.4, 0.5) is 4.39 Å². The van der Waals surface area contributed by atoms with Crippen molar-refractivity contribution in [3.8, 4) is 0 Å². The second kappa shape index (κ2) is 6.50. The first-order chi connectivity index (χ1) is 12.0. The number of rotatable bonds is 3. The molecule has 2 heterocycles. The molecule has 6 heteroatoms. The minimum absolute atomic E-state index is 0.00733. The molecular weight excluding hydrogens is 355 g/mol. The highest BCUT2D eigenvalue weighted by atomic mass is 32.1. The van der Waals surface area contributed by atoms with E-state index in [1.54, 1.807) is 28.0 Å². The minimum Gasteiger partial charge on any atom is -0.323 e. The summed E-state index contributed by atoms with van der Waals surface area (Å²) in [6.45, 7) is 2.76. The number of thiophene rings is 1. The van der Waals surface area contributed by atoms with Crippen molar-refractivity contribution in [3.63, 3.8) is 0 Å². The Balaban J connectivity index is 1.73. The van der Waals surface area contributed by atoms with Crippen LogP contribution in [-0.2, 0) is 25.8 Å². The summed E-state index contributed by atoms with van der Waals surface area (Å²) in [5, 5.41) is 0.819. The van der Waals surface area contributed by atoms with Gasteiger partial charge in [-0.15, -0.1) is 11.3 Å². The summed E-state index contributed by atoms with van der Waals surface area (Å²) in [6.07, 6.45) is 3.79. The van der Waals surface area contributed by atoms with E-state index in [1.165, 1.54) is 22.6 Å². The second-order valence-electron chi connectivity index (χ2n) is 6.82. The standard InChI is InChI=1S/C19H19FN2OS2/c1-11-2-7-14-15(10-11)25-17-16(14)18(23)22(19(24)21-17)9-8-12-3-5-13(20)6-4-12/h3-6,11H,2,7-10H2,1H3,(H,21,24). The fraction of sp³-hybridized carbons (Fsp3) is 0.368. The molecule has 1 aliphatic carbocycles. The van der Waals surface area contributed by atoms with Crippen molar-refractivity contribution >= 4 is 33.8 Å². The summed E-state index contributed by atoms with van der Waals surface area (Å²) < 4.78 is 15.1. The molecule has 3 nitrogen and oxygen atoms in total. The largest absolute Gasteiger partial charge is 0.323 e. The molecular formula is C19H19FN2OS2. The molecule has 0 aliphatic heterocycles. The van der Waals surface area contributed by atoms with Crippen molar-refractivity contribution in [2.45, 2.75) is 39.2 Å². The van der Waals surface area contributed by atoms with E-state index >= 15 is 0 Å². The van der Waals surface area contributed by atoms with E-state index in [-0.39, 0.29) is 11.4 Å². The fourth-order valence-electron chi connectivity index (χ4n) is 3.55. The van der Waals surface area contributed by atoms with Crippen LogP contribution in [0.25, 0.3) is 10.2 Å². The van der Waals surface area contributed by atoms with Gasteiger partial charge in [-0.2, -0.15) is 0 Å². The molecule has 1 N–H and O–H groups in total. The highest BCUT2D eigenvalue weighted by Gasteiger charge is 2.23. The Bertz CT molecular complexity index is 1050. The number of benzene rings is 1. The highest BCUT2D eigenvalue weighted by Crippen LogP contribution is 2.35. The first-order valence-electron chi connectivity index (χ1n) is 8.54. The normalized spacial score (nSPS) is 17.0. The van der Waals surface area contributed by atoms with Crippen LogP contribution in [0.2, 0.25) is 0 Å². The number of fused-ring (bicyclic) bond motifs is 3. The predicted octanol–water partition coefficient (Wildman–Crippen LogP) is 4.63. The minimum atomic E-state index is -0.251. The number of hydrogen-bond acceptors (Lipinski definition) is 3. The number of aromatic amines is 1. The summed E-state index contributed by atoms with van der Waals surface area (Å²) in [6, 6.07) is 6.38. The number of H-pyrrole nitrogens is 1. The number of halogens is 1. The average molecular weight is 375 g/mol. The Morgan fingerprint density at radius 3 is 2.88 bits per heavy atom. The molecule has 2 aromatic heterocycles. The van der Waals surface area contributed by atoms with Crippen LogP contribution in [0.5, 0.6) is 0 Å². The maximum atomic E-state index is 13.1. The Kier molecular flexibility index (Phi) is 4.33. The number of aryl methyl sites for hydroxylation is 2. The van der Waals surface area contributed by atoms with Gasteiger partial charge in [0.25, 0.3) is 5.56 Å². The summed E-state index contributed by atoms with van der Waals surface area (Å²) in [7, 11) is 0. The van der Waals surface area contributed by atoms with Gasteiger partial charge in [0, 0.05) is 11.4 Å². The molecule has 0 spiro atoms. The van der Waals surface area contributed by atoms with Crippen molar-refractivity contribution in [3.05, 3.63) is 61.2 Å². The third kappa shape index (κ3) is 3.09. The SMILES string of the molecule is CC1CCc2c(sc3[nH]c(=S)n(CCc4ccc(F)cc4)c(=O)c23)C1. The topological polar surface area (TPSA) is 37.8 Å². The smallest absolute Gasteiger partial charge is 0.263 e. The zero-order valence-electron chi connectivity index (χ0n) is 14.0. The molecule has 0 amide bonds. The molecule has 130 valence electrons. The van der Waals surface area contributed by atoms with Gasteiger partial charge in [-0.3, -0.25) is 9.36 Å². The van der Waals surface area contributed by atoms with E-state index in [4.69, 9.17) is 12.2 Å². The first kappa shape index (κ1) is 16.7. The molecule has 4 rings (SSSR count). The Morgan fingerprint density at radius 1 is 1.36 bits per heavy atom. The van der Waals surface area contributed by atoms with E-state index in [2.05, 4.69) is 11.9 Å². The van der Waals surface area contributed by atoms with Gasteiger partial charge in [-0.25, -0.2) is 4.39 Å². The Morgan fingerprint density at radius 2 is 2.12 bits per heavy atom. The van der Waals surface area contributed by atoms with Gasteiger partial charge >= 0.3 is 0 Å². The van der Waals surface area contributed by atoms with Crippen LogP contribution >= 0.6 is 23.6 Å². The van der Waals surface area contributed by atoms with E-state index in [0.29, 0.717) is 23.7 Å². The van der Waals surface area contributed by atoms with E-state index < -0.39 is 0 Å². The van der Waals surface area contributed by atoms with Crippen molar-refractivity contribution < 1.29 is 4.39 Å². The number of nitrogens with zero attached hydrogens (tertiary/aromatic N) is 1. The van der Waals surface area contributed by atoms with Crippen LogP contribution in [-0.4, -0.2) is 9.55 Å². The van der Waals surface area contributed by atoms with Gasteiger partial charge in [0.05, 0.1) is 5.39 Å². The maximum absolute atomic E-state index is 13.1. The van der Waals surface area contributed by atoms with Crippen LogP contribution in [0.15, 0.2) is 29.1 Å². The summed E-state index contributed by atoms with van der Waals surface area (Å²) in [4.78, 5) is 18.6. The van der Waals surface area contributed by atoms with Gasteiger partial charge in [0.15, 0.2) is 4.77 Å². The average Bonchev–Trinajstić information content (AvgIpc) is 2.93. The van der Waals surface area contributed by atoms with Crippen LogP contribution in [0.1, 0.15) is 29.3 Å². The van der Waals surface area contributed by atoms with Crippen LogP contribution in [0.3, 0.4) is 0 Å². The molecule has 1 unspecified atom stereocenters. The second-order valence-corrected chi connectivity index (χ2v) is 8.31. The molecule has 0 fully saturated rings. The molecule has 1 aliphatic rings. The summed E-state index contributed by atoms with van der Waals surface area (Å²) in [5.74, 6) is 0.419. The van der Waals surface area contributed by atoms with Gasteiger partial charge in [-0.05, 0) is 67.1 Å². The lowest BCUT2D eigenvalue weighted by molar-refractivity contribution is 0.509. The number of nitrogens with one attached hydrogen (secondary N) is 1. The molecule has 0 radical (unpaired) electrons. The molecule has 0 saturated carbocycles. The third-order valence-electron chi connectivity index (χ3n) is 4.97. The molecule has 1 aromatic carbocycles. The van der Waals surface area contributed by atoms with Gasteiger partial charge in [0.1, 0.15) is 10.6 Å². The van der Waals surface area contributed by atoms with E-state index in [0.717, 1.165) is 35.0 Å². The van der Waals surface area contributed by atoms with Crippen molar-refractivity contribution in [2.75, 3.05) is 0 Å². The highest BCUT2D eigenvalue weighted by molar-refractivity contribution is 7.71. The van der Waals surface area contributed by atoms with Gasteiger partial charge < -0.3 is 4.98 Å². The van der Waals surface area contributed by atoms with Crippen molar-refractivity contribution in [2.24, 2.45) is 5.92 Å². The van der Waals surface area contributed by atoms with Crippen molar-refractivity contribution in [1.82, 2.24) is 9.55 Å². The molecule has 0 bridgehead atoms. The number of hydrogen-bond donors (Lipinski definition) is 1. The first-order valence-corrected chi connectivity index (χ1v) is 9.77. The zero-order valence-corrected chi connectivity index (χ0v) is 15.6. The van der Waals surface area contributed by atoms with Crippen LogP contribution < -0.4 is 5.56 Å². The van der Waals surface area contributed by atoms with Crippen molar-refractivity contribution in [1.29, 1.82) is 0 Å². The van der Waals surface area contributed by atoms with E-state index in [9.17, 15) is 9.18 Å². The fourth-order valence-corrected chi connectivity index (χ4v) is 5.29. The van der Waals surface area contributed by atoms with E-state index in [1.807, 2.05) is 0 Å². The Hall–Kier alpha value is -1.79. The van der Waals surface area contributed by atoms with Gasteiger partial charge in [0.2, 0.25) is 0 Å². The number of aromatic nitrogens is 2. The summed E-state index contributed by atoms with van der Waals surface area (Å²) >= 11 is 7.10. The monoisotopic (exact) mass is 374 g/mol. The Labute approximate surface area is 154 Å². The molecule has 1 atom stereocenters. The van der Waals surface area contributed by atoms with Crippen LogP contribution in [0, 0.1) is 16.5 Å². The van der Waals surface area contributed by atoms with Gasteiger partial charge in [-0.1, -0.05) is 19.1 Å².